The zero-order valence-electron chi connectivity index (χ0n) is 13.4. The number of likely N-dealkylation sites (tertiary alicyclic amines) is 1. The van der Waals surface area contributed by atoms with E-state index in [-0.39, 0.29) is 0 Å². The molecule has 0 aliphatic carbocycles. The van der Waals surface area contributed by atoms with Crippen molar-refractivity contribution in [3.05, 3.63) is 22.5 Å². The van der Waals surface area contributed by atoms with Crippen LogP contribution in [0, 0.1) is 13.8 Å². The first-order valence-corrected chi connectivity index (χ1v) is 8.91. The highest BCUT2D eigenvalue weighted by Gasteiger charge is 2.15. The summed E-state index contributed by atoms with van der Waals surface area (Å²) in [5, 5.41) is 5.87. The fourth-order valence-corrected chi connectivity index (χ4v) is 4.17. The van der Waals surface area contributed by atoms with Gasteiger partial charge in [0.15, 0.2) is 4.96 Å². The van der Waals surface area contributed by atoms with E-state index in [4.69, 9.17) is 0 Å². The molecule has 4 nitrogen and oxygen atoms in total. The zero-order valence-corrected chi connectivity index (χ0v) is 14.2. The molecule has 1 aliphatic heterocycles. The summed E-state index contributed by atoms with van der Waals surface area (Å²) >= 11 is 1.73. The van der Waals surface area contributed by atoms with Gasteiger partial charge in [0, 0.05) is 30.2 Å². The van der Waals surface area contributed by atoms with Gasteiger partial charge in [-0.3, -0.25) is 4.40 Å². The Kier molecular flexibility index (Phi) is 4.62. The molecule has 0 bridgehead atoms. The Hall–Kier alpha value is -0.910. The van der Waals surface area contributed by atoms with Crippen LogP contribution in [0.4, 0.5) is 0 Å². The number of hydrogen-bond donors (Lipinski definition) is 1. The number of rotatable bonds is 5. The van der Waals surface area contributed by atoms with Crippen LogP contribution < -0.4 is 5.32 Å². The second-order valence-electron chi connectivity index (χ2n) is 6.28. The van der Waals surface area contributed by atoms with Crippen molar-refractivity contribution in [2.24, 2.45) is 0 Å². The van der Waals surface area contributed by atoms with Gasteiger partial charge in [-0.25, -0.2) is 4.98 Å². The largest absolute Gasteiger partial charge is 0.307 e. The molecule has 0 amide bonds. The Balaban J connectivity index is 1.60. The molecule has 1 atom stereocenters. The molecule has 1 N–H and O–H groups in total. The maximum Gasteiger partial charge on any atom is 0.194 e. The first kappa shape index (κ1) is 15.0. The number of piperidine rings is 1. The fraction of sp³-hybridized carbons (Fsp3) is 0.688. The number of thiazole rings is 1. The Bertz CT molecular complexity index is 595. The van der Waals surface area contributed by atoms with Crippen LogP contribution in [-0.4, -0.2) is 40.0 Å². The highest BCUT2D eigenvalue weighted by Crippen LogP contribution is 2.20. The maximum absolute atomic E-state index is 4.66. The summed E-state index contributed by atoms with van der Waals surface area (Å²) in [6.45, 7) is 11.2. The van der Waals surface area contributed by atoms with Crippen LogP contribution >= 0.6 is 11.3 Å². The van der Waals surface area contributed by atoms with E-state index in [9.17, 15) is 0 Å². The number of aromatic nitrogens is 2. The van der Waals surface area contributed by atoms with E-state index < -0.39 is 0 Å². The predicted molar refractivity (Wildman–Crippen MR) is 89.1 cm³/mol. The standard InChI is InChI=1S/C16H26N4S/c1-12(10-19-7-5-4-6-8-19)17-9-15-14(3)18-16-20(15)13(2)11-21-16/h11-12,17H,4-10H2,1-3H3. The van der Waals surface area contributed by atoms with Gasteiger partial charge in [-0.15, -0.1) is 11.3 Å². The molecule has 0 saturated carbocycles. The quantitative estimate of drug-likeness (QED) is 0.922. The zero-order chi connectivity index (χ0) is 14.8. The normalized spacial score (nSPS) is 18.4. The number of hydrogen-bond acceptors (Lipinski definition) is 4. The third-order valence-electron chi connectivity index (χ3n) is 4.43. The molecule has 0 aromatic carbocycles. The monoisotopic (exact) mass is 306 g/mol. The van der Waals surface area contributed by atoms with Gasteiger partial charge >= 0.3 is 0 Å². The Labute approximate surface area is 131 Å². The first-order chi connectivity index (χ1) is 10.1. The van der Waals surface area contributed by atoms with Crippen molar-refractivity contribution in [2.45, 2.75) is 52.6 Å². The van der Waals surface area contributed by atoms with Gasteiger partial charge in [-0.1, -0.05) is 6.42 Å². The molecule has 0 radical (unpaired) electrons. The molecule has 1 unspecified atom stereocenters. The van der Waals surface area contributed by atoms with Gasteiger partial charge in [-0.05, 0) is 46.7 Å². The number of nitrogens with zero attached hydrogens (tertiary/aromatic N) is 3. The summed E-state index contributed by atoms with van der Waals surface area (Å²) in [5.74, 6) is 0. The minimum atomic E-state index is 0.520. The van der Waals surface area contributed by atoms with Crippen LogP contribution in [0.1, 0.15) is 43.3 Å². The SMILES string of the molecule is Cc1nc2scc(C)n2c1CNC(C)CN1CCCCC1. The lowest BCUT2D eigenvalue weighted by molar-refractivity contribution is 0.208. The molecule has 1 aliphatic rings. The van der Waals surface area contributed by atoms with Crippen molar-refractivity contribution >= 4 is 16.3 Å². The maximum atomic E-state index is 4.66. The summed E-state index contributed by atoms with van der Waals surface area (Å²) in [6, 6.07) is 0.520. The third-order valence-corrected chi connectivity index (χ3v) is 5.37. The molecule has 0 spiro atoms. The lowest BCUT2D eigenvalue weighted by atomic mass is 10.1. The van der Waals surface area contributed by atoms with Gasteiger partial charge in [0.2, 0.25) is 0 Å². The number of imidazole rings is 1. The van der Waals surface area contributed by atoms with E-state index in [0.717, 1.165) is 23.7 Å². The van der Waals surface area contributed by atoms with Crippen molar-refractivity contribution in [3.63, 3.8) is 0 Å². The molecule has 116 valence electrons. The van der Waals surface area contributed by atoms with Gasteiger partial charge in [0.05, 0.1) is 11.4 Å². The smallest absolute Gasteiger partial charge is 0.194 e. The molecule has 2 aromatic heterocycles. The van der Waals surface area contributed by atoms with Crippen LogP contribution in [0.15, 0.2) is 5.38 Å². The molecule has 2 aromatic rings. The minimum absolute atomic E-state index is 0.520. The van der Waals surface area contributed by atoms with Crippen LogP contribution in [-0.2, 0) is 6.54 Å². The van der Waals surface area contributed by atoms with Crippen molar-refractivity contribution in [3.8, 4) is 0 Å². The van der Waals surface area contributed by atoms with Crippen LogP contribution in [0.5, 0.6) is 0 Å². The van der Waals surface area contributed by atoms with E-state index in [1.807, 2.05) is 0 Å². The third kappa shape index (κ3) is 3.30. The summed E-state index contributed by atoms with van der Waals surface area (Å²) < 4.78 is 2.29. The predicted octanol–water partition coefficient (Wildman–Crippen LogP) is 2.98. The van der Waals surface area contributed by atoms with Crippen LogP contribution in [0.2, 0.25) is 0 Å². The highest BCUT2D eigenvalue weighted by molar-refractivity contribution is 7.15. The van der Waals surface area contributed by atoms with E-state index >= 15 is 0 Å². The highest BCUT2D eigenvalue weighted by atomic mass is 32.1. The Morgan fingerprint density at radius 2 is 2.05 bits per heavy atom. The Morgan fingerprint density at radius 1 is 1.29 bits per heavy atom. The lowest BCUT2D eigenvalue weighted by Crippen LogP contribution is -2.41. The van der Waals surface area contributed by atoms with Crippen LogP contribution in [0.3, 0.4) is 0 Å². The van der Waals surface area contributed by atoms with E-state index in [0.29, 0.717) is 6.04 Å². The van der Waals surface area contributed by atoms with E-state index in [1.165, 1.54) is 43.7 Å². The van der Waals surface area contributed by atoms with Crippen LogP contribution in [0.25, 0.3) is 4.96 Å². The minimum Gasteiger partial charge on any atom is -0.307 e. The van der Waals surface area contributed by atoms with Gasteiger partial charge < -0.3 is 10.2 Å². The molecule has 3 rings (SSSR count). The molecule has 21 heavy (non-hydrogen) atoms. The van der Waals surface area contributed by atoms with Crippen molar-refractivity contribution in [1.82, 2.24) is 19.6 Å². The van der Waals surface area contributed by atoms with Crippen molar-refractivity contribution in [2.75, 3.05) is 19.6 Å². The summed E-state index contributed by atoms with van der Waals surface area (Å²) in [5.41, 5.74) is 3.76. The summed E-state index contributed by atoms with van der Waals surface area (Å²) in [4.78, 5) is 8.37. The molecule has 1 saturated heterocycles. The fourth-order valence-electron chi connectivity index (χ4n) is 3.24. The Morgan fingerprint density at radius 3 is 2.81 bits per heavy atom. The molecule has 3 heterocycles. The van der Waals surface area contributed by atoms with Gasteiger partial charge in [0.1, 0.15) is 0 Å². The topological polar surface area (TPSA) is 32.6 Å². The van der Waals surface area contributed by atoms with Crippen molar-refractivity contribution in [1.29, 1.82) is 0 Å². The molecular formula is C16H26N4S. The first-order valence-electron chi connectivity index (χ1n) is 8.03. The van der Waals surface area contributed by atoms with Crippen molar-refractivity contribution < 1.29 is 0 Å². The second kappa shape index (κ2) is 6.46. The summed E-state index contributed by atoms with van der Waals surface area (Å²) in [6.07, 6.45) is 4.13. The van der Waals surface area contributed by atoms with Gasteiger partial charge in [-0.2, -0.15) is 0 Å². The molecular weight excluding hydrogens is 280 g/mol. The molecule has 5 heteroatoms. The summed E-state index contributed by atoms with van der Waals surface area (Å²) in [7, 11) is 0. The second-order valence-corrected chi connectivity index (χ2v) is 7.12. The number of fused-ring (bicyclic) bond motifs is 1. The van der Waals surface area contributed by atoms with E-state index in [1.54, 1.807) is 11.3 Å². The average Bonchev–Trinajstić information content (AvgIpc) is 2.97. The van der Waals surface area contributed by atoms with E-state index in [2.05, 4.69) is 45.8 Å². The number of nitrogens with one attached hydrogen (secondary N) is 1. The number of aryl methyl sites for hydroxylation is 2. The average molecular weight is 306 g/mol. The molecule has 1 fully saturated rings. The lowest BCUT2D eigenvalue weighted by Gasteiger charge is -2.29. The van der Waals surface area contributed by atoms with Gasteiger partial charge in [0.25, 0.3) is 0 Å².